The molecule has 0 saturated carbocycles. The van der Waals surface area contributed by atoms with Gasteiger partial charge in [0.1, 0.15) is 24.0 Å². The lowest BCUT2D eigenvalue weighted by Crippen LogP contribution is -2.49. The Morgan fingerprint density at radius 1 is 1.19 bits per heavy atom. The molecule has 2 aromatic heterocycles. The van der Waals surface area contributed by atoms with E-state index in [1.807, 2.05) is 29.8 Å². The lowest BCUT2D eigenvalue weighted by molar-refractivity contribution is -0.190. The van der Waals surface area contributed by atoms with E-state index in [1.165, 1.54) is 0 Å². The van der Waals surface area contributed by atoms with Gasteiger partial charge in [0.05, 0.1) is 29.0 Å². The van der Waals surface area contributed by atoms with Crippen molar-refractivity contribution in [1.29, 1.82) is 0 Å². The van der Waals surface area contributed by atoms with Crippen molar-refractivity contribution in [1.82, 2.24) is 13.1 Å². The third-order valence-corrected chi connectivity index (χ3v) is 8.42. The summed E-state index contributed by atoms with van der Waals surface area (Å²) in [7, 11) is 0. The topological polar surface area (TPSA) is 135 Å². The Labute approximate surface area is 256 Å². The zero-order valence-electron chi connectivity index (χ0n) is 24.3. The number of nitrogens with zero attached hydrogens (tertiary/aromatic N) is 2. The third-order valence-electron chi connectivity index (χ3n) is 7.48. The van der Waals surface area contributed by atoms with Crippen LogP contribution < -0.4 is 13.8 Å². The lowest BCUT2D eigenvalue weighted by Gasteiger charge is -2.36. The van der Waals surface area contributed by atoms with Crippen LogP contribution in [0.3, 0.4) is 0 Å². The first-order chi connectivity index (χ1) is 19.8. The molecular weight excluding hydrogens is 657 g/mol. The van der Waals surface area contributed by atoms with E-state index >= 15 is 0 Å². The lowest BCUT2D eigenvalue weighted by atomic mass is 9.85. The second-order valence-corrected chi connectivity index (χ2v) is 12.0. The van der Waals surface area contributed by atoms with E-state index in [4.69, 9.17) is 23.9 Å². The Balaban J connectivity index is 1.63. The quantitative estimate of drug-likeness (QED) is 0.0986. The van der Waals surface area contributed by atoms with Crippen molar-refractivity contribution in [3.05, 3.63) is 56.9 Å². The van der Waals surface area contributed by atoms with Gasteiger partial charge in [0, 0.05) is 39.4 Å². The molecule has 3 aromatic rings. The fraction of sp³-hybridized carbons (Fsp3) is 0.433. The standard InChI is InChI=1S/C30H32IN3O8/c1-7-17-18-11-16(40-28(38)42-29(4,5)6)9-10-22(18)32-24-19(17)13-34-23(24)12-21-20(25(34)35)14-39-27(37)30(21,8-2)41-26(36)15(3)33-31/h9-12,15,33H,7-8,13-14H2,1-6H3/t15-,30-/m0/s1. The Morgan fingerprint density at radius 3 is 2.57 bits per heavy atom. The van der Waals surface area contributed by atoms with Crippen LogP contribution in [-0.2, 0) is 49.0 Å². The number of pyridine rings is 2. The molecule has 2 atom stereocenters. The third kappa shape index (κ3) is 5.04. The highest BCUT2D eigenvalue weighted by Gasteiger charge is 2.51. The maximum Gasteiger partial charge on any atom is 0.514 e. The fourth-order valence-corrected chi connectivity index (χ4v) is 5.69. The van der Waals surface area contributed by atoms with Crippen molar-refractivity contribution in [2.24, 2.45) is 0 Å². The van der Waals surface area contributed by atoms with Gasteiger partial charge >= 0.3 is 18.1 Å². The van der Waals surface area contributed by atoms with Crippen LogP contribution in [0.25, 0.3) is 22.3 Å². The van der Waals surface area contributed by atoms with Crippen molar-refractivity contribution >= 4 is 51.9 Å². The summed E-state index contributed by atoms with van der Waals surface area (Å²) in [5.74, 6) is -1.04. The van der Waals surface area contributed by atoms with Gasteiger partial charge < -0.3 is 23.5 Å². The second-order valence-electron chi connectivity index (χ2n) is 11.3. The van der Waals surface area contributed by atoms with Gasteiger partial charge in [-0.05, 0) is 70.4 Å². The van der Waals surface area contributed by atoms with Gasteiger partial charge in [-0.3, -0.25) is 9.59 Å². The number of benzene rings is 1. The number of hydrogen-bond acceptors (Lipinski definition) is 10. The van der Waals surface area contributed by atoms with Gasteiger partial charge in [-0.25, -0.2) is 18.1 Å². The minimum Gasteiger partial charge on any atom is -0.457 e. The summed E-state index contributed by atoms with van der Waals surface area (Å²) in [5.41, 5.74) is 1.39. The smallest absolute Gasteiger partial charge is 0.457 e. The van der Waals surface area contributed by atoms with E-state index in [-0.39, 0.29) is 30.7 Å². The SMILES string of the molecule is CCc1c2c(nc3ccc(OC(=O)OC(C)(C)C)cc13)-c1cc3c(c(=O)n1C2)COC(=O)[C@@]3(CC)OC(=O)[C@H](C)NI. The van der Waals surface area contributed by atoms with Crippen molar-refractivity contribution in [3.63, 3.8) is 0 Å². The number of aryl methyl sites for hydroxylation is 1. The van der Waals surface area contributed by atoms with Crippen molar-refractivity contribution in [3.8, 4) is 17.1 Å². The summed E-state index contributed by atoms with van der Waals surface area (Å²) in [4.78, 5) is 57.1. The number of ether oxygens (including phenoxy) is 4. The Kier molecular flexibility index (Phi) is 7.81. The number of carbonyl (C=O) groups excluding carboxylic acids is 3. The molecule has 222 valence electrons. The number of fused-ring (bicyclic) bond motifs is 5. The molecule has 0 unspecified atom stereocenters. The molecule has 42 heavy (non-hydrogen) atoms. The van der Waals surface area contributed by atoms with Gasteiger partial charge in [-0.1, -0.05) is 13.8 Å². The summed E-state index contributed by atoms with van der Waals surface area (Å²) in [5, 5.41) is 0.790. The van der Waals surface area contributed by atoms with Gasteiger partial charge in [0.2, 0.25) is 5.60 Å². The molecule has 11 nitrogen and oxygen atoms in total. The van der Waals surface area contributed by atoms with Gasteiger partial charge in [0.15, 0.2) is 0 Å². The molecule has 5 rings (SSSR count). The Bertz CT molecular complexity index is 1690. The molecule has 2 aliphatic rings. The molecular formula is C30H32IN3O8. The maximum atomic E-state index is 13.9. The van der Waals surface area contributed by atoms with Gasteiger partial charge in [-0.2, -0.15) is 0 Å². The van der Waals surface area contributed by atoms with Crippen LogP contribution in [0.4, 0.5) is 4.79 Å². The van der Waals surface area contributed by atoms with Crippen LogP contribution in [0.2, 0.25) is 0 Å². The Morgan fingerprint density at radius 2 is 1.93 bits per heavy atom. The predicted molar refractivity (Wildman–Crippen MR) is 161 cm³/mol. The number of esters is 2. The first kappa shape index (κ1) is 30.0. The van der Waals surface area contributed by atoms with Gasteiger partial charge in [-0.15, -0.1) is 0 Å². The number of carbonyl (C=O) groups is 3. The van der Waals surface area contributed by atoms with Crippen molar-refractivity contribution in [2.45, 2.75) is 84.8 Å². The molecule has 0 bridgehead atoms. The molecule has 2 aliphatic heterocycles. The first-order valence-electron chi connectivity index (χ1n) is 13.7. The summed E-state index contributed by atoms with van der Waals surface area (Å²) < 4.78 is 26.3. The molecule has 0 aliphatic carbocycles. The number of halogens is 1. The number of rotatable bonds is 6. The summed E-state index contributed by atoms with van der Waals surface area (Å²) in [6.07, 6.45) is -0.0990. The zero-order chi connectivity index (χ0) is 30.6. The highest BCUT2D eigenvalue weighted by Crippen LogP contribution is 2.42. The summed E-state index contributed by atoms with van der Waals surface area (Å²) >= 11 is 1.84. The van der Waals surface area contributed by atoms with Crippen LogP contribution in [0, 0.1) is 0 Å². The van der Waals surface area contributed by atoms with E-state index in [9.17, 15) is 19.2 Å². The average molecular weight is 690 g/mol. The minimum atomic E-state index is -1.76. The minimum absolute atomic E-state index is 0.0834. The van der Waals surface area contributed by atoms with Crippen LogP contribution in [0.1, 0.15) is 70.2 Å². The molecule has 0 fully saturated rings. The number of cyclic esters (lactones) is 1. The number of nitrogens with one attached hydrogen (secondary N) is 1. The molecule has 4 heterocycles. The van der Waals surface area contributed by atoms with E-state index in [0.29, 0.717) is 34.6 Å². The number of hydrogen-bond donors (Lipinski definition) is 1. The van der Waals surface area contributed by atoms with E-state index in [0.717, 1.165) is 16.5 Å². The molecule has 0 radical (unpaired) electrons. The predicted octanol–water partition coefficient (Wildman–Crippen LogP) is 4.83. The molecule has 12 heteroatoms. The maximum absolute atomic E-state index is 13.9. The van der Waals surface area contributed by atoms with Crippen molar-refractivity contribution < 1.29 is 33.3 Å². The van der Waals surface area contributed by atoms with Crippen LogP contribution >= 0.6 is 22.9 Å². The zero-order valence-corrected chi connectivity index (χ0v) is 26.4. The number of aromatic nitrogens is 2. The highest BCUT2D eigenvalue weighted by molar-refractivity contribution is 14.1. The fourth-order valence-electron chi connectivity index (χ4n) is 5.44. The molecule has 0 spiro atoms. The van der Waals surface area contributed by atoms with Crippen LogP contribution in [-0.4, -0.2) is 39.3 Å². The van der Waals surface area contributed by atoms with Gasteiger partial charge in [0.25, 0.3) is 5.56 Å². The first-order valence-corrected chi connectivity index (χ1v) is 14.8. The molecule has 1 aromatic carbocycles. The normalized spacial score (nSPS) is 18.0. The van der Waals surface area contributed by atoms with Crippen molar-refractivity contribution in [2.75, 3.05) is 0 Å². The van der Waals surface area contributed by atoms with E-state index < -0.39 is 35.3 Å². The second kappa shape index (κ2) is 11.0. The summed E-state index contributed by atoms with van der Waals surface area (Å²) in [6, 6.07) is 6.19. The summed E-state index contributed by atoms with van der Waals surface area (Å²) in [6.45, 7) is 10.7. The van der Waals surface area contributed by atoms with E-state index in [2.05, 4.69) is 3.53 Å². The monoisotopic (exact) mass is 689 g/mol. The molecule has 0 saturated heterocycles. The molecule has 0 amide bonds. The van der Waals surface area contributed by atoms with Crippen LogP contribution in [0.15, 0.2) is 29.1 Å². The largest absolute Gasteiger partial charge is 0.514 e. The van der Waals surface area contributed by atoms with E-state index in [1.54, 1.807) is 63.5 Å². The highest BCUT2D eigenvalue weighted by atomic mass is 127. The average Bonchev–Trinajstić information content (AvgIpc) is 3.30. The van der Waals surface area contributed by atoms with Crippen LogP contribution in [0.5, 0.6) is 5.75 Å². The Hall–Kier alpha value is -3.52. The molecule has 1 N–H and O–H groups in total.